The van der Waals surface area contributed by atoms with Crippen LogP contribution >= 0.6 is 0 Å². The van der Waals surface area contributed by atoms with E-state index in [0.717, 1.165) is 5.69 Å². The van der Waals surface area contributed by atoms with Gasteiger partial charge in [-0.1, -0.05) is 24.3 Å². The molecule has 2 heterocycles. The van der Waals surface area contributed by atoms with Gasteiger partial charge in [0.2, 0.25) is 21.9 Å². The summed E-state index contributed by atoms with van der Waals surface area (Å²) in [5, 5.41) is 8.17. The number of nitrogens with zero attached hydrogens (tertiary/aromatic N) is 4. The van der Waals surface area contributed by atoms with E-state index in [-0.39, 0.29) is 23.3 Å². The monoisotopic (exact) mass is 454 g/mol. The third kappa shape index (κ3) is 4.63. The zero-order valence-electron chi connectivity index (χ0n) is 17.3. The van der Waals surface area contributed by atoms with Crippen LogP contribution in [-0.2, 0) is 14.8 Å². The van der Waals surface area contributed by atoms with Gasteiger partial charge in [0.25, 0.3) is 0 Å². The van der Waals surface area contributed by atoms with Crippen LogP contribution in [0.3, 0.4) is 0 Å². The van der Waals surface area contributed by atoms with Crippen LogP contribution in [0.5, 0.6) is 5.75 Å². The highest BCUT2D eigenvalue weighted by Gasteiger charge is 2.28. The Bertz CT molecular complexity index is 1240. The zero-order valence-corrected chi connectivity index (χ0v) is 18.1. The largest absolute Gasteiger partial charge is 0.491 e. The lowest BCUT2D eigenvalue weighted by molar-refractivity contribution is -0.117. The van der Waals surface area contributed by atoms with E-state index in [1.165, 1.54) is 25.4 Å². The van der Waals surface area contributed by atoms with Crippen molar-refractivity contribution in [1.29, 1.82) is 0 Å². The van der Waals surface area contributed by atoms with E-state index in [1.54, 1.807) is 17.0 Å². The molecule has 0 aliphatic carbocycles. The first-order valence-electron chi connectivity index (χ1n) is 9.76. The number of anilines is 4. The third-order valence-electron chi connectivity index (χ3n) is 4.96. The van der Waals surface area contributed by atoms with Crippen LogP contribution in [0.2, 0.25) is 0 Å². The number of sulfonamides is 1. The summed E-state index contributed by atoms with van der Waals surface area (Å²) in [6.45, 7) is 1.17. The quantitative estimate of drug-likeness (QED) is 0.576. The van der Waals surface area contributed by atoms with Crippen LogP contribution < -0.4 is 25.0 Å². The first-order valence-corrected chi connectivity index (χ1v) is 11.3. The number of hydrogen-bond donors (Lipinski definition) is 2. The molecule has 3 N–H and O–H groups in total. The van der Waals surface area contributed by atoms with E-state index >= 15 is 0 Å². The van der Waals surface area contributed by atoms with Crippen molar-refractivity contribution in [2.24, 2.45) is 5.14 Å². The van der Waals surface area contributed by atoms with Crippen molar-refractivity contribution < 1.29 is 17.9 Å². The van der Waals surface area contributed by atoms with Gasteiger partial charge in [-0.25, -0.2) is 18.5 Å². The average Bonchev–Trinajstić information content (AvgIpc) is 2.79. The minimum Gasteiger partial charge on any atom is -0.491 e. The summed E-state index contributed by atoms with van der Waals surface area (Å²) in [5.74, 6) is 1.06. The van der Waals surface area contributed by atoms with Gasteiger partial charge in [-0.2, -0.15) is 4.98 Å². The summed E-state index contributed by atoms with van der Waals surface area (Å²) in [5.41, 5.74) is 1.31. The molecule has 1 fully saturated rings. The van der Waals surface area contributed by atoms with E-state index in [0.29, 0.717) is 30.3 Å². The number of amides is 1. The van der Waals surface area contributed by atoms with E-state index in [1.807, 2.05) is 35.2 Å². The van der Waals surface area contributed by atoms with Crippen molar-refractivity contribution >= 4 is 39.1 Å². The Kier molecular flexibility index (Phi) is 5.93. The molecule has 166 valence electrons. The molecular weight excluding hydrogens is 432 g/mol. The van der Waals surface area contributed by atoms with Crippen LogP contribution in [0.4, 0.5) is 23.1 Å². The fourth-order valence-electron chi connectivity index (χ4n) is 3.41. The number of nitrogens with two attached hydrogens (primary N) is 1. The lowest BCUT2D eigenvalue weighted by atomic mass is 10.2. The summed E-state index contributed by atoms with van der Waals surface area (Å²) in [6, 6.07) is 15.5. The number of primary sulfonamides is 1. The number of hydrogen-bond acceptors (Lipinski definition) is 8. The maximum absolute atomic E-state index is 12.8. The first kappa shape index (κ1) is 21.5. The molecule has 1 amide bonds. The molecule has 4 rings (SSSR count). The molecule has 0 radical (unpaired) electrons. The maximum Gasteiger partial charge on any atom is 0.246 e. The highest BCUT2D eigenvalue weighted by molar-refractivity contribution is 7.89. The topological polar surface area (TPSA) is 131 Å². The van der Waals surface area contributed by atoms with Crippen molar-refractivity contribution in [3.05, 3.63) is 60.8 Å². The van der Waals surface area contributed by atoms with Crippen molar-refractivity contribution in [1.82, 2.24) is 9.97 Å². The summed E-state index contributed by atoms with van der Waals surface area (Å²) < 4.78 is 28.6. The number of carbonyl (C=O) groups is 1. The second-order valence-electron chi connectivity index (χ2n) is 7.09. The fraction of sp³-hybridized carbons (Fsp3) is 0.190. The Balaban J connectivity index is 1.56. The Morgan fingerprint density at radius 3 is 2.56 bits per heavy atom. The van der Waals surface area contributed by atoms with Gasteiger partial charge in [0.05, 0.1) is 24.7 Å². The van der Waals surface area contributed by atoms with Gasteiger partial charge < -0.3 is 19.9 Å². The second kappa shape index (κ2) is 8.81. The van der Waals surface area contributed by atoms with E-state index < -0.39 is 10.0 Å². The van der Waals surface area contributed by atoms with Crippen molar-refractivity contribution in [3.63, 3.8) is 0 Å². The van der Waals surface area contributed by atoms with Gasteiger partial charge in [0.15, 0.2) is 11.6 Å². The molecule has 32 heavy (non-hydrogen) atoms. The average molecular weight is 455 g/mol. The number of rotatable bonds is 6. The minimum atomic E-state index is -3.84. The number of benzene rings is 2. The predicted octanol–water partition coefficient (Wildman–Crippen LogP) is 1.73. The van der Waals surface area contributed by atoms with Gasteiger partial charge >= 0.3 is 0 Å². The number of aromatic nitrogens is 2. The lowest BCUT2D eigenvalue weighted by Crippen LogP contribution is -2.51. The molecule has 1 saturated heterocycles. The molecule has 0 unspecified atom stereocenters. The standard InChI is InChI=1S/C21H22N6O4S/c1-31-18-13-23-21(24-15-6-5-9-17(12-15)32(22,29)30)25-20(18)26-10-11-27(19(28)14-26)16-7-3-2-4-8-16/h2-9,12-13H,10-11,14H2,1H3,(H2,22,29,30)(H,23,24,25). The number of piperazine rings is 1. The number of para-hydroxylation sites is 1. The molecule has 1 aromatic heterocycles. The van der Waals surface area contributed by atoms with Crippen LogP contribution in [0.25, 0.3) is 0 Å². The number of carbonyl (C=O) groups excluding carboxylic acids is 1. The van der Waals surface area contributed by atoms with E-state index in [2.05, 4.69) is 15.3 Å². The van der Waals surface area contributed by atoms with Crippen molar-refractivity contribution in [3.8, 4) is 5.75 Å². The van der Waals surface area contributed by atoms with E-state index in [4.69, 9.17) is 9.88 Å². The predicted molar refractivity (Wildman–Crippen MR) is 121 cm³/mol. The lowest BCUT2D eigenvalue weighted by Gasteiger charge is -2.35. The van der Waals surface area contributed by atoms with Crippen LogP contribution in [0, 0.1) is 0 Å². The number of nitrogens with one attached hydrogen (secondary N) is 1. The first-order chi connectivity index (χ1) is 15.3. The van der Waals surface area contributed by atoms with Crippen LogP contribution in [0.15, 0.2) is 65.7 Å². The molecule has 0 atom stereocenters. The third-order valence-corrected chi connectivity index (χ3v) is 5.87. The molecular formula is C21H22N6O4S. The summed E-state index contributed by atoms with van der Waals surface area (Å²) >= 11 is 0. The van der Waals surface area contributed by atoms with Gasteiger partial charge in [0, 0.05) is 24.5 Å². The number of ether oxygens (including phenoxy) is 1. The maximum atomic E-state index is 12.8. The Morgan fingerprint density at radius 2 is 1.88 bits per heavy atom. The zero-order chi connectivity index (χ0) is 22.7. The van der Waals surface area contributed by atoms with Gasteiger partial charge in [-0.05, 0) is 30.3 Å². The second-order valence-corrected chi connectivity index (χ2v) is 8.65. The summed E-state index contributed by atoms with van der Waals surface area (Å²) in [6.07, 6.45) is 1.50. The SMILES string of the molecule is COc1cnc(Nc2cccc(S(N)(=O)=O)c2)nc1N1CCN(c2ccccc2)C(=O)C1. The fourth-order valence-corrected chi connectivity index (χ4v) is 3.97. The highest BCUT2D eigenvalue weighted by atomic mass is 32.2. The summed E-state index contributed by atoms with van der Waals surface area (Å²) in [7, 11) is -2.33. The van der Waals surface area contributed by atoms with Crippen LogP contribution in [-0.4, -0.2) is 51.0 Å². The molecule has 10 nitrogen and oxygen atoms in total. The smallest absolute Gasteiger partial charge is 0.246 e. The molecule has 0 saturated carbocycles. The van der Waals surface area contributed by atoms with Crippen LogP contribution in [0.1, 0.15) is 0 Å². The van der Waals surface area contributed by atoms with Gasteiger partial charge in [-0.15, -0.1) is 0 Å². The van der Waals surface area contributed by atoms with Crippen molar-refractivity contribution in [2.45, 2.75) is 4.90 Å². The molecule has 3 aromatic rings. The molecule has 11 heteroatoms. The van der Waals surface area contributed by atoms with E-state index in [9.17, 15) is 13.2 Å². The minimum absolute atomic E-state index is 0.0288. The van der Waals surface area contributed by atoms with Crippen molar-refractivity contribution in [2.75, 3.05) is 41.9 Å². The molecule has 2 aromatic carbocycles. The molecule has 1 aliphatic rings. The normalized spacial score (nSPS) is 14.4. The van der Waals surface area contributed by atoms with Gasteiger partial charge in [0.1, 0.15) is 0 Å². The summed E-state index contributed by atoms with van der Waals surface area (Å²) in [4.78, 5) is 25.1. The Labute approximate surface area is 185 Å². The van der Waals surface area contributed by atoms with Gasteiger partial charge in [-0.3, -0.25) is 4.79 Å². The Hall–Kier alpha value is -3.70. The molecule has 0 bridgehead atoms. The molecule has 1 aliphatic heterocycles. The molecule has 0 spiro atoms. The Morgan fingerprint density at radius 1 is 1.09 bits per heavy atom. The number of methoxy groups -OCH3 is 1. The highest BCUT2D eigenvalue weighted by Crippen LogP contribution is 2.29.